The molecule has 13 heavy (non-hydrogen) atoms. The number of Topliss-reactive ketones (excluding diaryl/α,β-unsaturated/α-hetero) is 1. The molecule has 3 heteroatoms. The first-order chi connectivity index (χ1) is 6.16. The second-order valence-electron chi connectivity index (χ2n) is 3.58. The van der Waals surface area contributed by atoms with Crippen LogP contribution in [0.15, 0.2) is 12.3 Å². The van der Waals surface area contributed by atoms with Crippen LogP contribution in [-0.4, -0.2) is 10.8 Å². The van der Waals surface area contributed by atoms with Crippen LogP contribution in [0, 0.1) is 5.92 Å². The van der Waals surface area contributed by atoms with E-state index < -0.39 is 0 Å². The number of rotatable bonds is 0. The van der Waals surface area contributed by atoms with Gasteiger partial charge < -0.3 is 0 Å². The fraction of sp³-hybridized carbons (Fsp3) is 0.400. The Hall–Kier alpha value is -0.890. The maximum Gasteiger partial charge on any atom is 0.165 e. The Morgan fingerprint density at radius 1 is 1.54 bits per heavy atom. The SMILES string of the molecule is C[C@@H]1CC(=O)c2cc(Cl)cnc2C1. The summed E-state index contributed by atoms with van der Waals surface area (Å²) < 4.78 is 0. The summed E-state index contributed by atoms with van der Waals surface area (Å²) in [5.41, 5.74) is 1.61. The third-order valence-corrected chi connectivity index (χ3v) is 2.52. The highest BCUT2D eigenvalue weighted by Gasteiger charge is 2.23. The highest BCUT2D eigenvalue weighted by molar-refractivity contribution is 6.30. The average Bonchev–Trinajstić information content (AvgIpc) is 2.06. The standard InChI is InChI=1S/C10H10ClNO/c1-6-2-9-8(10(13)3-6)4-7(11)5-12-9/h4-6H,2-3H2,1H3/t6-/m0/s1. The van der Waals surface area contributed by atoms with E-state index in [-0.39, 0.29) is 5.78 Å². The van der Waals surface area contributed by atoms with Crippen LogP contribution < -0.4 is 0 Å². The summed E-state index contributed by atoms with van der Waals surface area (Å²) in [5.74, 6) is 0.581. The van der Waals surface area contributed by atoms with Crippen molar-refractivity contribution < 1.29 is 4.79 Å². The molecular weight excluding hydrogens is 186 g/mol. The van der Waals surface area contributed by atoms with Crippen LogP contribution >= 0.6 is 11.6 Å². The third-order valence-electron chi connectivity index (χ3n) is 2.31. The van der Waals surface area contributed by atoms with E-state index in [0.717, 1.165) is 12.1 Å². The second kappa shape index (κ2) is 3.11. The monoisotopic (exact) mass is 195 g/mol. The molecule has 0 unspecified atom stereocenters. The van der Waals surface area contributed by atoms with Crippen LogP contribution in [0.25, 0.3) is 0 Å². The van der Waals surface area contributed by atoms with Gasteiger partial charge in [0.05, 0.1) is 10.7 Å². The molecule has 2 rings (SSSR count). The molecule has 0 saturated carbocycles. The number of hydrogen-bond acceptors (Lipinski definition) is 2. The van der Waals surface area contributed by atoms with Gasteiger partial charge in [-0.05, 0) is 18.4 Å². The Balaban J connectivity index is 2.49. The molecule has 2 nitrogen and oxygen atoms in total. The molecule has 1 atom stereocenters. The zero-order chi connectivity index (χ0) is 9.42. The first-order valence-electron chi connectivity index (χ1n) is 4.34. The van der Waals surface area contributed by atoms with Crippen molar-refractivity contribution in [1.82, 2.24) is 4.98 Å². The topological polar surface area (TPSA) is 30.0 Å². The molecule has 0 aromatic carbocycles. The van der Waals surface area contributed by atoms with Crippen LogP contribution in [0.5, 0.6) is 0 Å². The molecule has 0 fully saturated rings. The molecule has 0 aliphatic heterocycles. The van der Waals surface area contributed by atoms with Gasteiger partial charge in [0.1, 0.15) is 0 Å². The smallest absolute Gasteiger partial charge is 0.165 e. The number of carbonyl (C=O) groups is 1. The average molecular weight is 196 g/mol. The predicted molar refractivity (Wildman–Crippen MR) is 51.1 cm³/mol. The summed E-state index contributed by atoms with van der Waals surface area (Å²) in [6.07, 6.45) is 3.11. The number of aromatic nitrogens is 1. The number of pyridine rings is 1. The number of carbonyl (C=O) groups excluding carboxylic acids is 1. The van der Waals surface area contributed by atoms with E-state index in [1.807, 2.05) is 0 Å². The fourth-order valence-corrected chi connectivity index (χ4v) is 1.86. The molecule has 0 spiro atoms. The molecule has 1 aliphatic carbocycles. The highest BCUT2D eigenvalue weighted by atomic mass is 35.5. The maximum absolute atomic E-state index is 11.5. The Kier molecular flexibility index (Phi) is 2.08. The minimum absolute atomic E-state index is 0.170. The first kappa shape index (κ1) is 8.70. The van der Waals surface area contributed by atoms with E-state index in [0.29, 0.717) is 22.9 Å². The lowest BCUT2D eigenvalue weighted by molar-refractivity contribution is 0.0952. The van der Waals surface area contributed by atoms with Crippen LogP contribution in [-0.2, 0) is 6.42 Å². The number of halogens is 1. The van der Waals surface area contributed by atoms with Crippen LogP contribution in [0.3, 0.4) is 0 Å². The van der Waals surface area contributed by atoms with Crippen molar-refractivity contribution >= 4 is 17.4 Å². The van der Waals surface area contributed by atoms with Crippen molar-refractivity contribution in [2.75, 3.05) is 0 Å². The van der Waals surface area contributed by atoms with E-state index in [1.165, 1.54) is 0 Å². The van der Waals surface area contributed by atoms with Gasteiger partial charge in [-0.1, -0.05) is 18.5 Å². The van der Waals surface area contributed by atoms with Crippen molar-refractivity contribution in [3.63, 3.8) is 0 Å². The number of ketones is 1. The van der Waals surface area contributed by atoms with Gasteiger partial charge in [-0.25, -0.2) is 0 Å². The van der Waals surface area contributed by atoms with Gasteiger partial charge in [-0.3, -0.25) is 9.78 Å². The molecule has 1 aromatic heterocycles. The predicted octanol–water partition coefficient (Wildman–Crippen LogP) is 2.50. The van der Waals surface area contributed by atoms with Gasteiger partial charge in [0.15, 0.2) is 5.78 Å². The molecule has 1 heterocycles. The van der Waals surface area contributed by atoms with Crippen LogP contribution in [0.1, 0.15) is 29.4 Å². The number of fused-ring (bicyclic) bond motifs is 1. The molecular formula is C10H10ClNO. The van der Waals surface area contributed by atoms with Crippen molar-refractivity contribution in [3.05, 3.63) is 28.5 Å². The molecule has 1 aliphatic rings. The quantitative estimate of drug-likeness (QED) is 0.637. The van der Waals surface area contributed by atoms with E-state index in [9.17, 15) is 4.79 Å². The van der Waals surface area contributed by atoms with Crippen LogP contribution in [0.2, 0.25) is 5.02 Å². The number of hydrogen-bond donors (Lipinski definition) is 0. The molecule has 0 N–H and O–H groups in total. The van der Waals surface area contributed by atoms with Gasteiger partial charge in [-0.2, -0.15) is 0 Å². The van der Waals surface area contributed by atoms with Gasteiger partial charge >= 0.3 is 0 Å². The zero-order valence-electron chi connectivity index (χ0n) is 7.38. The van der Waals surface area contributed by atoms with Crippen molar-refractivity contribution in [3.8, 4) is 0 Å². The summed E-state index contributed by atoms with van der Waals surface area (Å²) in [6.45, 7) is 2.07. The largest absolute Gasteiger partial charge is 0.294 e. The van der Waals surface area contributed by atoms with Crippen molar-refractivity contribution in [2.24, 2.45) is 5.92 Å². The molecule has 0 amide bonds. The Bertz CT molecular complexity index is 362. The molecule has 68 valence electrons. The second-order valence-corrected chi connectivity index (χ2v) is 4.02. The minimum Gasteiger partial charge on any atom is -0.294 e. The lowest BCUT2D eigenvalue weighted by Gasteiger charge is -2.18. The molecule has 1 aromatic rings. The van der Waals surface area contributed by atoms with Gasteiger partial charge in [-0.15, -0.1) is 0 Å². The normalized spacial score (nSPS) is 21.4. The first-order valence-corrected chi connectivity index (χ1v) is 4.72. The van der Waals surface area contributed by atoms with E-state index >= 15 is 0 Å². The molecule has 0 saturated heterocycles. The lowest BCUT2D eigenvalue weighted by atomic mass is 9.87. The van der Waals surface area contributed by atoms with Gasteiger partial charge in [0.2, 0.25) is 0 Å². The Labute approximate surface area is 81.9 Å². The highest BCUT2D eigenvalue weighted by Crippen LogP contribution is 2.25. The van der Waals surface area contributed by atoms with E-state index in [4.69, 9.17) is 11.6 Å². The summed E-state index contributed by atoms with van der Waals surface area (Å²) in [4.78, 5) is 15.7. The lowest BCUT2D eigenvalue weighted by Crippen LogP contribution is -2.19. The summed E-state index contributed by atoms with van der Waals surface area (Å²) in [6, 6.07) is 1.72. The zero-order valence-corrected chi connectivity index (χ0v) is 8.14. The van der Waals surface area contributed by atoms with Gasteiger partial charge in [0, 0.05) is 18.2 Å². The van der Waals surface area contributed by atoms with E-state index in [1.54, 1.807) is 12.3 Å². The summed E-state index contributed by atoms with van der Waals surface area (Å²) >= 11 is 5.76. The summed E-state index contributed by atoms with van der Waals surface area (Å²) in [5, 5.41) is 0.543. The summed E-state index contributed by atoms with van der Waals surface area (Å²) in [7, 11) is 0. The minimum atomic E-state index is 0.170. The Morgan fingerprint density at radius 3 is 3.08 bits per heavy atom. The van der Waals surface area contributed by atoms with Crippen molar-refractivity contribution in [2.45, 2.75) is 19.8 Å². The maximum atomic E-state index is 11.5. The molecule has 0 radical (unpaired) electrons. The van der Waals surface area contributed by atoms with Crippen LogP contribution in [0.4, 0.5) is 0 Å². The van der Waals surface area contributed by atoms with Crippen molar-refractivity contribution in [1.29, 1.82) is 0 Å². The third kappa shape index (κ3) is 1.59. The number of nitrogens with zero attached hydrogens (tertiary/aromatic N) is 1. The Morgan fingerprint density at radius 2 is 2.31 bits per heavy atom. The van der Waals surface area contributed by atoms with Gasteiger partial charge in [0.25, 0.3) is 0 Å². The molecule has 0 bridgehead atoms. The van der Waals surface area contributed by atoms with E-state index in [2.05, 4.69) is 11.9 Å². The fourth-order valence-electron chi connectivity index (χ4n) is 1.70.